The largest absolute Gasteiger partial charge is 0.493 e. The Morgan fingerprint density at radius 2 is 1.77 bits per heavy atom. The summed E-state index contributed by atoms with van der Waals surface area (Å²) in [6, 6.07) is 14.0. The van der Waals surface area contributed by atoms with Gasteiger partial charge in [-0.05, 0) is 29.1 Å². The van der Waals surface area contributed by atoms with E-state index in [1.165, 1.54) is 0 Å². The van der Waals surface area contributed by atoms with Gasteiger partial charge in [-0.1, -0.05) is 24.3 Å². The van der Waals surface area contributed by atoms with Crippen LogP contribution in [0, 0.1) is 0 Å². The van der Waals surface area contributed by atoms with Gasteiger partial charge in [0.2, 0.25) is 5.75 Å². The second-order valence-corrected chi connectivity index (χ2v) is 9.14. The first kappa shape index (κ1) is 23.2. The number of H-pyrrole nitrogens is 1. The van der Waals surface area contributed by atoms with E-state index in [9.17, 15) is 4.79 Å². The molecule has 4 aromatic rings. The average Bonchev–Trinajstić information content (AvgIpc) is 3.47. The van der Waals surface area contributed by atoms with Crippen LogP contribution in [0.4, 0.5) is 11.4 Å². The third kappa shape index (κ3) is 3.53. The molecular weight excluding hydrogens is 466 g/mol. The van der Waals surface area contributed by atoms with Crippen LogP contribution >= 0.6 is 11.6 Å². The summed E-state index contributed by atoms with van der Waals surface area (Å²) in [6.07, 6.45) is 0. The van der Waals surface area contributed by atoms with Crippen molar-refractivity contribution in [3.63, 3.8) is 0 Å². The third-order valence-electron chi connectivity index (χ3n) is 6.71. The van der Waals surface area contributed by atoms with Crippen molar-refractivity contribution < 1.29 is 19.0 Å². The van der Waals surface area contributed by atoms with Gasteiger partial charge < -0.3 is 29.0 Å². The van der Waals surface area contributed by atoms with E-state index in [0.717, 1.165) is 33.1 Å². The maximum absolute atomic E-state index is 13.9. The number of nitrogens with one attached hydrogen (secondary N) is 1. The van der Waals surface area contributed by atoms with Crippen LogP contribution in [-0.4, -0.2) is 58.7 Å². The number of nitrogens with zero attached hydrogens (tertiary/aromatic N) is 2. The Hall–Kier alpha value is -3.58. The molecule has 1 aromatic heterocycles. The molecule has 1 N–H and O–H groups in total. The average molecular weight is 494 g/mol. The summed E-state index contributed by atoms with van der Waals surface area (Å²) in [5, 5.41) is 3.07. The summed E-state index contributed by atoms with van der Waals surface area (Å²) in [4.78, 5) is 21.1. The summed E-state index contributed by atoms with van der Waals surface area (Å²) in [6.45, 7) is 0.512. The molecule has 0 saturated carbocycles. The lowest BCUT2D eigenvalue weighted by Crippen LogP contribution is -2.30. The van der Waals surface area contributed by atoms with E-state index >= 15 is 0 Å². The molecule has 0 fully saturated rings. The molecule has 8 heteroatoms. The molecule has 0 radical (unpaired) electrons. The van der Waals surface area contributed by atoms with Gasteiger partial charge in [-0.15, -0.1) is 11.6 Å². The minimum atomic E-state index is -0.130. The first-order valence-electron chi connectivity index (χ1n) is 11.4. The lowest BCUT2D eigenvalue weighted by atomic mass is 9.94. The molecule has 2 heterocycles. The van der Waals surface area contributed by atoms with Crippen LogP contribution in [0.3, 0.4) is 0 Å². The lowest BCUT2D eigenvalue weighted by Gasteiger charge is -2.22. The number of carbonyl (C=O) groups excluding carboxylic acids is 1. The van der Waals surface area contributed by atoms with Gasteiger partial charge in [0, 0.05) is 48.9 Å². The smallest absolute Gasteiger partial charge is 0.274 e. The Kier molecular flexibility index (Phi) is 5.89. The molecule has 35 heavy (non-hydrogen) atoms. The van der Waals surface area contributed by atoms with E-state index in [4.69, 9.17) is 25.8 Å². The molecule has 0 unspecified atom stereocenters. The number of halogens is 1. The number of fused-ring (bicyclic) bond motifs is 4. The molecule has 0 bridgehead atoms. The second kappa shape index (κ2) is 8.89. The van der Waals surface area contributed by atoms with Crippen LogP contribution in [0.15, 0.2) is 42.5 Å². The van der Waals surface area contributed by atoms with Gasteiger partial charge >= 0.3 is 0 Å². The van der Waals surface area contributed by atoms with Crippen molar-refractivity contribution in [2.24, 2.45) is 0 Å². The quantitative estimate of drug-likeness (QED) is 0.364. The second-order valence-electron chi connectivity index (χ2n) is 8.83. The van der Waals surface area contributed by atoms with Crippen molar-refractivity contribution >= 4 is 50.6 Å². The van der Waals surface area contributed by atoms with E-state index in [1.807, 2.05) is 43.3 Å². The summed E-state index contributed by atoms with van der Waals surface area (Å²) in [5.41, 5.74) is 4.19. The number of aromatic nitrogens is 1. The van der Waals surface area contributed by atoms with Gasteiger partial charge in [0.1, 0.15) is 5.69 Å². The van der Waals surface area contributed by atoms with Crippen molar-refractivity contribution in [1.82, 2.24) is 4.98 Å². The van der Waals surface area contributed by atoms with Crippen LogP contribution in [0.5, 0.6) is 17.2 Å². The molecule has 1 amide bonds. The van der Waals surface area contributed by atoms with E-state index in [0.29, 0.717) is 40.9 Å². The van der Waals surface area contributed by atoms with Gasteiger partial charge in [0.15, 0.2) is 11.5 Å². The number of ether oxygens (including phenoxy) is 3. The number of methoxy groups -OCH3 is 3. The number of hydrogen-bond acceptors (Lipinski definition) is 5. The number of rotatable bonds is 6. The van der Waals surface area contributed by atoms with E-state index in [-0.39, 0.29) is 11.8 Å². The zero-order valence-electron chi connectivity index (χ0n) is 20.4. The first-order chi connectivity index (χ1) is 16.9. The maximum Gasteiger partial charge on any atom is 0.274 e. The van der Waals surface area contributed by atoms with Crippen LogP contribution in [-0.2, 0) is 0 Å². The fourth-order valence-electron chi connectivity index (χ4n) is 5.12. The summed E-state index contributed by atoms with van der Waals surface area (Å²) in [7, 11) is 8.72. The highest BCUT2D eigenvalue weighted by molar-refractivity contribution is 6.19. The number of anilines is 2. The molecule has 7 nitrogen and oxygen atoms in total. The Balaban J connectivity index is 1.66. The SMILES string of the molecule is COc1cc2cc(C(=O)N3C[C@H](CCl)c4c3cc(N(C)C)c3ccccc43)[nH]c2c(OC)c1OC. The normalized spacial score (nSPS) is 14.9. The zero-order valence-corrected chi connectivity index (χ0v) is 21.2. The zero-order chi connectivity index (χ0) is 24.9. The minimum absolute atomic E-state index is 0.0378. The predicted molar refractivity (Wildman–Crippen MR) is 141 cm³/mol. The highest BCUT2D eigenvalue weighted by atomic mass is 35.5. The summed E-state index contributed by atoms with van der Waals surface area (Å²) < 4.78 is 16.6. The number of alkyl halides is 1. The number of carbonyl (C=O) groups is 1. The molecule has 0 aliphatic carbocycles. The van der Waals surface area contributed by atoms with Crippen molar-refractivity contribution in [2.75, 3.05) is 57.6 Å². The standard InChI is InChI=1S/C27H28ClN3O4/c1-30(2)20-12-21-23(18-9-7-6-8-17(18)20)16(13-28)14-31(21)27(32)19-10-15-11-22(33-3)25(34-4)26(35-5)24(15)29-19/h6-12,16,29H,13-14H2,1-5H3/t16-/m0/s1. The Labute approximate surface area is 209 Å². The number of amides is 1. The third-order valence-corrected chi connectivity index (χ3v) is 7.08. The molecule has 3 aromatic carbocycles. The van der Waals surface area contributed by atoms with Gasteiger partial charge in [-0.3, -0.25) is 4.79 Å². The van der Waals surface area contributed by atoms with Crippen molar-refractivity contribution in [3.05, 3.63) is 53.7 Å². The van der Waals surface area contributed by atoms with Crippen LogP contribution < -0.4 is 24.0 Å². The monoisotopic (exact) mass is 493 g/mol. The highest BCUT2D eigenvalue weighted by Crippen LogP contribution is 2.47. The van der Waals surface area contributed by atoms with Gasteiger partial charge in [0.05, 0.1) is 32.5 Å². The molecule has 182 valence electrons. The Morgan fingerprint density at radius 3 is 2.40 bits per heavy atom. The van der Waals surface area contributed by atoms with Gasteiger partial charge in [0.25, 0.3) is 5.91 Å². The first-order valence-corrected chi connectivity index (χ1v) is 11.9. The van der Waals surface area contributed by atoms with Crippen LogP contribution in [0.25, 0.3) is 21.7 Å². The molecule has 1 aliphatic rings. The predicted octanol–water partition coefficient (Wildman–Crippen LogP) is 5.40. The fraction of sp³-hybridized carbons (Fsp3) is 0.296. The number of aromatic amines is 1. The van der Waals surface area contributed by atoms with Crippen LogP contribution in [0.1, 0.15) is 22.0 Å². The molecule has 0 spiro atoms. The van der Waals surface area contributed by atoms with Gasteiger partial charge in [-0.25, -0.2) is 0 Å². The number of benzene rings is 3. The topological polar surface area (TPSA) is 67.0 Å². The molecular formula is C27H28ClN3O4. The van der Waals surface area contributed by atoms with E-state index < -0.39 is 0 Å². The van der Waals surface area contributed by atoms with E-state index in [2.05, 4.69) is 28.1 Å². The molecule has 1 aliphatic heterocycles. The summed E-state index contributed by atoms with van der Waals surface area (Å²) in [5.74, 6) is 1.83. The summed E-state index contributed by atoms with van der Waals surface area (Å²) >= 11 is 6.42. The van der Waals surface area contributed by atoms with Crippen molar-refractivity contribution in [1.29, 1.82) is 0 Å². The van der Waals surface area contributed by atoms with Crippen molar-refractivity contribution in [3.8, 4) is 17.2 Å². The maximum atomic E-state index is 13.9. The van der Waals surface area contributed by atoms with Crippen molar-refractivity contribution in [2.45, 2.75) is 5.92 Å². The molecule has 5 rings (SSSR count). The minimum Gasteiger partial charge on any atom is -0.493 e. The van der Waals surface area contributed by atoms with Gasteiger partial charge in [-0.2, -0.15) is 0 Å². The fourth-order valence-corrected chi connectivity index (χ4v) is 5.37. The van der Waals surface area contributed by atoms with E-state index in [1.54, 1.807) is 21.3 Å². The molecule has 0 saturated heterocycles. The Morgan fingerprint density at radius 1 is 1.06 bits per heavy atom. The Bertz CT molecular complexity index is 1450. The lowest BCUT2D eigenvalue weighted by molar-refractivity contribution is 0.0984. The van der Waals surface area contributed by atoms with Crippen LogP contribution in [0.2, 0.25) is 0 Å². The molecule has 1 atom stereocenters. The number of hydrogen-bond donors (Lipinski definition) is 1. The highest BCUT2D eigenvalue weighted by Gasteiger charge is 2.35.